The van der Waals surface area contributed by atoms with E-state index in [4.69, 9.17) is 4.74 Å². The molecule has 4 nitrogen and oxygen atoms in total. The molecule has 0 amide bonds. The fourth-order valence-corrected chi connectivity index (χ4v) is 1.14. The van der Waals surface area contributed by atoms with Gasteiger partial charge < -0.3 is 9.84 Å². The molecule has 15 heavy (non-hydrogen) atoms. The Balaban J connectivity index is 3.34. The van der Waals surface area contributed by atoms with Gasteiger partial charge in [0.15, 0.2) is 0 Å². The Hall–Kier alpha value is -0.160. The van der Waals surface area contributed by atoms with Gasteiger partial charge in [0.2, 0.25) is 0 Å². The molecular weight excluding hydrogens is 192 g/mol. The summed E-state index contributed by atoms with van der Waals surface area (Å²) in [6, 6.07) is 0. The molecule has 0 heterocycles. The van der Waals surface area contributed by atoms with Crippen molar-refractivity contribution in [1.29, 1.82) is 0 Å². The van der Waals surface area contributed by atoms with Crippen molar-refractivity contribution < 1.29 is 9.84 Å². The maximum absolute atomic E-state index is 9.53. The monoisotopic (exact) mass is 218 g/mol. The summed E-state index contributed by atoms with van der Waals surface area (Å²) < 4.78 is 5.48. The third kappa shape index (κ3) is 8.81. The third-order valence-electron chi connectivity index (χ3n) is 2.39. The van der Waals surface area contributed by atoms with Gasteiger partial charge in [0.05, 0.1) is 0 Å². The van der Waals surface area contributed by atoms with Gasteiger partial charge in [-0.2, -0.15) is 0 Å². The Bertz CT molecular complexity index is 143. The summed E-state index contributed by atoms with van der Waals surface area (Å²) in [5.74, 6) is 0.885. The lowest BCUT2D eigenvalue weighted by atomic mass is 10.1. The first-order valence-electron chi connectivity index (χ1n) is 5.76. The summed E-state index contributed by atoms with van der Waals surface area (Å²) in [5, 5.41) is 9.53. The predicted molar refractivity (Wildman–Crippen MR) is 62.3 cm³/mol. The van der Waals surface area contributed by atoms with Crippen LogP contribution in [0.1, 0.15) is 33.6 Å². The number of hydrogen-bond acceptors (Lipinski definition) is 4. The van der Waals surface area contributed by atoms with Crippen molar-refractivity contribution in [2.45, 2.75) is 39.8 Å². The summed E-state index contributed by atoms with van der Waals surface area (Å²) in [7, 11) is 1.75. The minimum Gasteiger partial charge on any atom is -0.381 e. The minimum atomic E-state index is -0.510. The smallest absolute Gasteiger partial charge is 0.119 e. The Kier molecular flexibility index (Phi) is 9.00. The van der Waals surface area contributed by atoms with Crippen LogP contribution in [-0.4, -0.2) is 31.6 Å². The lowest BCUT2D eigenvalue weighted by molar-refractivity contribution is 0.0425. The van der Waals surface area contributed by atoms with Crippen LogP contribution >= 0.6 is 0 Å². The van der Waals surface area contributed by atoms with Gasteiger partial charge in [-0.3, -0.25) is 5.43 Å². The third-order valence-corrected chi connectivity index (χ3v) is 2.39. The largest absolute Gasteiger partial charge is 0.381 e. The maximum atomic E-state index is 9.53. The highest BCUT2D eigenvalue weighted by Crippen LogP contribution is 2.06. The molecule has 0 radical (unpaired) electrons. The number of aliphatic hydroxyl groups is 1. The van der Waals surface area contributed by atoms with E-state index in [0.717, 1.165) is 26.1 Å². The van der Waals surface area contributed by atoms with Crippen LogP contribution in [0.2, 0.25) is 0 Å². The number of aliphatic hydroxyl groups excluding tert-OH is 1. The Morgan fingerprint density at radius 2 is 1.73 bits per heavy atom. The van der Waals surface area contributed by atoms with Gasteiger partial charge in [-0.15, -0.1) is 0 Å². The molecule has 0 rings (SSSR count). The molecule has 2 atom stereocenters. The molecule has 0 aliphatic rings. The predicted octanol–water partition coefficient (Wildman–Crippen LogP) is 1.12. The van der Waals surface area contributed by atoms with Crippen molar-refractivity contribution in [1.82, 2.24) is 10.9 Å². The summed E-state index contributed by atoms with van der Waals surface area (Å²) in [4.78, 5) is 0. The van der Waals surface area contributed by atoms with Gasteiger partial charge in [0, 0.05) is 13.2 Å². The summed E-state index contributed by atoms with van der Waals surface area (Å²) in [5.41, 5.74) is 5.48. The molecule has 3 N–H and O–H groups in total. The van der Waals surface area contributed by atoms with Crippen LogP contribution in [0.4, 0.5) is 0 Å². The van der Waals surface area contributed by atoms with Crippen molar-refractivity contribution in [2.24, 2.45) is 11.8 Å². The first-order chi connectivity index (χ1) is 7.07. The number of nitrogens with one attached hydrogen (secondary N) is 2. The van der Waals surface area contributed by atoms with Crippen LogP contribution in [-0.2, 0) is 4.74 Å². The fraction of sp³-hybridized carbons (Fsp3) is 1.00. The molecule has 0 bridgehead atoms. The summed E-state index contributed by atoms with van der Waals surface area (Å²) in [6.45, 7) is 7.91. The second-order valence-corrected chi connectivity index (χ2v) is 4.40. The highest BCUT2D eigenvalue weighted by Gasteiger charge is 2.12. The number of ether oxygens (including phenoxy) is 1. The van der Waals surface area contributed by atoms with Gasteiger partial charge in [0.1, 0.15) is 6.23 Å². The number of rotatable bonds is 9. The van der Waals surface area contributed by atoms with Gasteiger partial charge in [0.25, 0.3) is 0 Å². The van der Waals surface area contributed by atoms with Crippen molar-refractivity contribution >= 4 is 0 Å². The van der Waals surface area contributed by atoms with Crippen LogP contribution in [0, 0.1) is 11.8 Å². The van der Waals surface area contributed by atoms with Gasteiger partial charge >= 0.3 is 0 Å². The van der Waals surface area contributed by atoms with E-state index in [1.165, 1.54) is 0 Å². The second kappa shape index (κ2) is 9.09. The van der Waals surface area contributed by atoms with Crippen LogP contribution in [0.5, 0.6) is 0 Å². The molecule has 0 aromatic heterocycles. The first kappa shape index (κ1) is 14.8. The van der Waals surface area contributed by atoms with E-state index in [-0.39, 0.29) is 5.92 Å². The first-order valence-corrected chi connectivity index (χ1v) is 5.76. The zero-order valence-corrected chi connectivity index (χ0v) is 10.4. The topological polar surface area (TPSA) is 53.5 Å². The molecule has 0 fully saturated rings. The lowest BCUT2D eigenvalue weighted by Crippen LogP contribution is -2.42. The zero-order chi connectivity index (χ0) is 11.7. The van der Waals surface area contributed by atoms with E-state index in [1.807, 2.05) is 6.92 Å². The van der Waals surface area contributed by atoms with Crippen molar-refractivity contribution in [3.05, 3.63) is 0 Å². The molecule has 0 aliphatic carbocycles. The standard InChI is InChI=1S/C11H26N2O2/c1-9(2)5-7-15-8-6-10(3)11(14)13-12-4/h9-14H,5-8H2,1-4H3. The summed E-state index contributed by atoms with van der Waals surface area (Å²) in [6.07, 6.45) is 1.46. The van der Waals surface area contributed by atoms with E-state index in [2.05, 4.69) is 24.7 Å². The number of hydrogen-bond donors (Lipinski definition) is 3. The minimum absolute atomic E-state index is 0.191. The molecule has 2 unspecified atom stereocenters. The fourth-order valence-electron chi connectivity index (χ4n) is 1.14. The second-order valence-electron chi connectivity index (χ2n) is 4.40. The van der Waals surface area contributed by atoms with Crippen LogP contribution in [0.15, 0.2) is 0 Å². The Morgan fingerprint density at radius 1 is 1.13 bits per heavy atom. The molecule has 0 saturated heterocycles. The van der Waals surface area contributed by atoms with Gasteiger partial charge in [-0.05, 0) is 31.7 Å². The van der Waals surface area contributed by atoms with E-state index < -0.39 is 6.23 Å². The highest BCUT2D eigenvalue weighted by atomic mass is 16.5. The van der Waals surface area contributed by atoms with Crippen LogP contribution in [0.25, 0.3) is 0 Å². The van der Waals surface area contributed by atoms with E-state index in [9.17, 15) is 5.11 Å². The molecule has 92 valence electrons. The average molecular weight is 218 g/mol. The van der Waals surface area contributed by atoms with Crippen LogP contribution in [0.3, 0.4) is 0 Å². The van der Waals surface area contributed by atoms with Crippen molar-refractivity contribution in [2.75, 3.05) is 20.3 Å². The summed E-state index contributed by atoms with van der Waals surface area (Å²) >= 11 is 0. The van der Waals surface area contributed by atoms with E-state index in [0.29, 0.717) is 5.92 Å². The van der Waals surface area contributed by atoms with Gasteiger partial charge in [-0.1, -0.05) is 20.8 Å². The Morgan fingerprint density at radius 3 is 2.27 bits per heavy atom. The molecule has 0 aromatic carbocycles. The maximum Gasteiger partial charge on any atom is 0.119 e. The highest BCUT2D eigenvalue weighted by molar-refractivity contribution is 4.59. The quantitative estimate of drug-likeness (QED) is 0.308. The zero-order valence-electron chi connectivity index (χ0n) is 10.4. The SMILES string of the molecule is CNNC(O)C(C)CCOCCC(C)C. The van der Waals surface area contributed by atoms with Crippen molar-refractivity contribution in [3.63, 3.8) is 0 Å². The molecule has 0 aliphatic heterocycles. The molecule has 0 aromatic rings. The molecule has 4 heteroatoms. The van der Waals surface area contributed by atoms with E-state index in [1.54, 1.807) is 7.05 Å². The van der Waals surface area contributed by atoms with E-state index >= 15 is 0 Å². The lowest BCUT2D eigenvalue weighted by Gasteiger charge is -2.19. The molecular formula is C11H26N2O2. The number of hydrazine groups is 1. The average Bonchev–Trinajstić information content (AvgIpc) is 2.16. The molecule has 0 spiro atoms. The molecule has 0 saturated carbocycles. The Labute approximate surface area is 93.4 Å². The van der Waals surface area contributed by atoms with Crippen LogP contribution < -0.4 is 10.9 Å². The van der Waals surface area contributed by atoms with Gasteiger partial charge in [-0.25, -0.2) is 5.43 Å². The van der Waals surface area contributed by atoms with Crippen molar-refractivity contribution in [3.8, 4) is 0 Å². The normalized spacial score (nSPS) is 15.6.